The van der Waals surface area contributed by atoms with Crippen molar-refractivity contribution in [1.82, 2.24) is 4.90 Å². The lowest BCUT2D eigenvalue weighted by Crippen LogP contribution is -2.21. The highest BCUT2D eigenvalue weighted by molar-refractivity contribution is 7.92. The number of nitrogens with zero attached hydrogens (tertiary/aromatic N) is 1. The summed E-state index contributed by atoms with van der Waals surface area (Å²) >= 11 is 6.32. The molecule has 1 aliphatic rings. The molecule has 0 aromatic heterocycles. The van der Waals surface area contributed by atoms with Crippen LogP contribution in [0.4, 0.5) is 5.69 Å². The number of ether oxygens (including phenoxy) is 1. The molecular weight excluding hydrogens is 376 g/mol. The predicted octanol–water partition coefficient (Wildman–Crippen LogP) is 3.31. The minimum Gasteiger partial charge on any atom is -0.486 e. The highest BCUT2D eigenvalue weighted by atomic mass is 35.5. The van der Waals surface area contributed by atoms with Crippen LogP contribution >= 0.6 is 11.6 Å². The van der Waals surface area contributed by atoms with Crippen LogP contribution in [0, 0.1) is 0 Å². The normalized spacial score (nSPS) is 14.1. The van der Waals surface area contributed by atoms with Crippen LogP contribution in [0.3, 0.4) is 0 Å². The molecule has 26 heavy (non-hydrogen) atoms. The van der Waals surface area contributed by atoms with Crippen LogP contribution in [-0.4, -0.2) is 38.5 Å². The van der Waals surface area contributed by atoms with Gasteiger partial charge >= 0.3 is 0 Å². The topological polar surface area (TPSA) is 75.7 Å². The summed E-state index contributed by atoms with van der Waals surface area (Å²) in [6.07, 6.45) is 7.99. The molecule has 0 fully saturated rings. The standard InChI is InChI=1S/C18H23ClN2O4S/c1-3-5-15(22)13-25-16-8-10-21(11-9-16)12-14-6-4-7-17(18(14)19)20-26(2,23)24/h4,6-10,20H,3,5,11-13H2,1-2H3. The van der Waals surface area contributed by atoms with Crippen LogP contribution < -0.4 is 4.72 Å². The molecule has 0 amide bonds. The molecule has 1 aromatic carbocycles. The van der Waals surface area contributed by atoms with Crippen LogP contribution in [0.25, 0.3) is 0 Å². The molecule has 2 rings (SSSR count). The monoisotopic (exact) mass is 398 g/mol. The van der Waals surface area contributed by atoms with E-state index in [1.807, 2.05) is 30.2 Å². The summed E-state index contributed by atoms with van der Waals surface area (Å²) in [5.41, 5.74) is 1.17. The first kappa shape index (κ1) is 20.3. The Kier molecular flexibility index (Phi) is 7.11. The number of halogens is 1. The van der Waals surface area contributed by atoms with Gasteiger partial charge in [0.25, 0.3) is 0 Å². The summed E-state index contributed by atoms with van der Waals surface area (Å²) < 4.78 is 30.7. The maximum atomic E-state index is 11.5. The Morgan fingerprint density at radius 3 is 2.77 bits per heavy atom. The Morgan fingerprint density at radius 1 is 1.38 bits per heavy atom. The van der Waals surface area contributed by atoms with E-state index in [1.54, 1.807) is 18.2 Å². The van der Waals surface area contributed by atoms with E-state index in [0.717, 1.165) is 18.2 Å². The van der Waals surface area contributed by atoms with Gasteiger partial charge in [-0.05, 0) is 30.2 Å². The second kappa shape index (κ2) is 9.09. The number of Topliss-reactive ketones (excluding diaryl/α,β-unsaturated/α-hetero) is 1. The minimum absolute atomic E-state index is 0.0891. The molecule has 0 aliphatic carbocycles. The number of anilines is 1. The number of benzene rings is 1. The van der Waals surface area contributed by atoms with Crippen molar-refractivity contribution in [2.45, 2.75) is 26.3 Å². The highest BCUT2D eigenvalue weighted by Gasteiger charge is 2.13. The lowest BCUT2D eigenvalue weighted by Gasteiger charge is -2.23. The molecule has 0 unspecified atom stereocenters. The van der Waals surface area contributed by atoms with Gasteiger partial charge in [0.15, 0.2) is 5.78 Å². The van der Waals surface area contributed by atoms with E-state index in [1.165, 1.54) is 0 Å². The SMILES string of the molecule is CCCC(=O)COC1=CCN(Cc2cccc(NS(C)(=O)=O)c2Cl)C=C1. The molecule has 1 aromatic rings. The molecule has 0 atom stereocenters. The van der Waals surface area contributed by atoms with Crippen LogP contribution in [0.15, 0.2) is 42.3 Å². The van der Waals surface area contributed by atoms with E-state index in [0.29, 0.717) is 36.0 Å². The summed E-state index contributed by atoms with van der Waals surface area (Å²) in [4.78, 5) is 13.5. The summed E-state index contributed by atoms with van der Waals surface area (Å²) in [7, 11) is -3.39. The number of sulfonamides is 1. The van der Waals surface area contributed by atoms with Gasteiger partial charge in [-0.25, -0.2) is 8.42 Å². The number of carbonyl (C=O) groups is 1. The highest BCUT2D eigenvalue weighted by Crippen LogP contribution is 2.28. The number of hydrogen-bond donors (Lipinski definition) is 1. The molecule has 0 spiro atoms. The van der Waals surface area contributed by atoms with Gasteiger partial charge in [0.05, 0.1) is 17.0 Å². The van der Waals surface area contributed by atoms with Crippen LogP contribution in [-0.2, 0) is 26.1 Å². The average Bonchev–Trinajstić information content (AvgIpc) is 2.57. The van der Waals surface area contributed by atoms with Gasteiger partial charge in [-0.2, -0.15) is 0 Å². The first-order chi connectivity index (χ1) is 12.3. The average molecular weight is 399 g/mol. The minimum atomic E-state index is -3.39. The van der Waals surface area contributed by atoms with Crippen LogP contribution in [0.5, 0.6) is 0 Å². The maximum absolute atomic E-state index is 11.5. The molecular formula is C18H23ClN2O4S. The van der Waals surface area contributed by atoms with E-state index >= 15 is 0 Å². The number of hydrogen-bond acceptors (Lipinski definition) is 5. The van der Waals surface area contributed by atoms with Gasteiger partial charge in [0.1, 0.15) is 12.4 Å². The van der Waals surface area contributed by atoms with Crippen molar-refractivity contribution in [3.05, 3.63) is 52.9 Å². The molecule has 8 heteroatoms. The lowest BCUT2D eigenvalue weighted by molar-refractivity contribution is -0.122. The lowest BCUT2D eigenvalue weighted by atomic mass is 10.1. The van der Waals surface area contributed by atoms with E-state index in [2.05, 4.69) is 4.72 Å². The second-order valence-electron chi connectivity index (χ2n) is 6.08. The van der Waals surface area contributed by atoms with Gasteiger partial charge in [0.2, 0.25) is 10.0 Å². The van der Waals surface area contributed by atoms with Crippen LogP contribution in [0.1, 0.15) is 25.3 Å². The third-order valence-electron chi connectivity index (χ3n) is 3.65. The molecule has 0 radical (unpaired) electrons. The van der Waals surface area contributed by atoms with Crippen molar-refractivity contribution in [1.29, 1.82) is 0 Å². The van der Waals surface area contributed by atoms with E-state index in [4.69, 9.17) is 16.3 Å². The molecule has 1 heterocycles. The third kappa shape index (κ3) is 6.38. The number of allylic oxidation sites excluding steroid dienone is 1. The first-order valence-corrected chi connectivity index (χ1v) is 10.6. The summed E-state index contributed by atoms with van der Waals surface area (Å²) in [6.45, 7) is 3.18. The molecule has 6 nitrogen and oxygen atoms in total. The van der Waals surface area contributed by atoms with Crippen molar-refractivity contribution in [2.75, 3.05) is 24.1 Å². The van der Waals surface area contributed by atoms with Gasteiger partial charge in [-0.3, -0.25) is 9.52 Å². The maximum Gasteiger partial charge on any atom is 0.229 e. The summed E-state index contributed by atoms with van der Waals surface area (Å²) in [6, 6.07) is 5.23. The smallest absolute Gasteiger partial charge is 0.229 e. The van der Waals surface area contributed by atoms with Crippen molar-refractivity contribution >= 4 is 33.1 Å². The van der Waals surface area contributed by atoms with Gasteiger partial charge in [-0.1, -0.05) is 30.7 Å². The first-order valence-electron chi connectivity index (χ1n) is 8.30. The summed E-state index contributed by atoms with van der Waals surface area (Å²) in [5, 5.41) is 0.377. The van der Waals surface area contributed by atoms with E-state index in [9.17, 15) is 13.2 Å². The Hall–Kier alpha value is -1.99. The largest absolute Gasteiger partial charge is 0.486 e. The Labute approximate surface area is 159 Å². The molecule has 0 saturated carbocycles. The Bertz CT molecular complexity index is 818. The Morgan fingerprint density at radius 2 is 2.15 bits per heavy atom. The van der Waals surface area contributed by atoms with Crippen molar-refractivity contribution in [2.24, 2.45) is 0 Å². The van der Waals surface area contributed by atoms with E-state index < -0.39 is 10.0 Å². The molecule has 0 saturated heterocycles. The number of nitrogens with one attached hydrogen (secondary N) is 1. The van der Waals surface area contributed by atoms with E-state index in [-0.39, 0.29) is 12.4 Å². The van der Waals surface area contributed by atoms with Crippen molar-refractivity contribution < 1.29 is 17.9 Å². The zero-order chi connectivity index (χ0) is 19.2. The van der Waals surface area contributed by atoms with Crippen molar-refractivity contribution in [3.8, 4) is 0 Å². The van der Waals surface area contributed by atoms with Crippen LogP contribution in [0.2, 0.25) is 5.02 Å². The van der Waals surface area contributed by atoms with Gasteiger partial charge < -0.3 is 9.64 Å². The van der Waals surface area contributed by atoms with Gasteiger partial charge in [0, 0.05) is 25.7 Å². The molecule has 1 N–H and O–H groups in total. The van der Waals surface area contributed by atoms with Gasteiger partial charge in [-0.15, -0.1) is 0 Å². The number of rotatable bonds is 9. The fraction of sp³-hybridized carbons (Fsp3) is 0.389. The quantitative estimate of drug-likeness (QED) is 0.690. The molecule has 1 aliphatic heterocycles. The summed E-state index contributed by atoms with van der Waals surface area (Å²) in [5.74, 6) is 0.760. The Balaban J connectivity index is 1.94. The fourth-order valence-corrected chi connectivity index (χ4v) is 3.31. The zero-order valence-electron chi connectivity index (χ0n) is 14.9. The predicted molar refractivity (Wildman–Crippen MR) is 103 cm³/mol. The van der Waals surface area contributed by atoms with Crippen molar-refractivity contribution in [3.63, 3.8) is 0 Å². The zero-order valence-corrected chi connectivity index (χ0v) is 16.4. The molecule has 142 valence electrons. The fourth-order valence-electron chi connectivity index (χ4n) is 2.45. The number of carbonyl (C=O) groups excluding carboxylic acids is 1. The molecule has 0 bridgehead atoms. The number of ketones is 1. The third-order valence-corrected chi connectivity index (χ3v) is 4.69. The second-order valence-corrected chi connectivity index (χ2v) is 8.21.